The molecule has 1 fully saturated rings. The van der Waals surface area contributed by atoms with Crippen molar-refractivity contribution < 1.29 is 4.79 Å². The van der Waals surface area contributed by atoms with Gasteiger partial charge in [-0.15, -0.1) is 0 Å². The van der Waals surface area contributed by atoms with E-state index in [1.54, 1.807) is 12.1 Å². The van der Waals surface area contributed by atoms with Crippen molar-refractivity contribution in [2.45, 2.75) is 36.6 Å². The topological polar surface area (TPSA) is 20.3 Å². The third-order valence-electron chi connectivity index (χ3n) is 3.57. The van der Waals surface area contributed by atoms with E-state index in [9.17, 15) is 4.79 Å². The Bertz CT molecular complexity index is 460. The molecule has 0 aliphatic heterocycles. The van der Waals surface area contributed by atoms with Crippen molar-refractivity contribution in [1.29, 1.82) is 0 Å². The Kier molecular flexibility index (Phi) is 5.32. The summed E-state index contributed by atoms with van der Waals surface area (Å²) in [6, 6.07) is 5.58. The Labute approximate surface area is 135 Å². The van der Waals surface area contributed by atoms with Crippen LogP contribution in [0.2, 0.25) is 5.02 Å². The van der Waals surface area contributed by atoms with Gasteiger partial charge in [-0.2, -0.15) is 0 Å². The zero-order valence-electron chi connectivity index (χ0n) is 10.7. The highest BCUT2D eigenvalue weighted by atomic mass is 79.9. The summed E-state index contributed by atoms with van der Waals surface area (Å²) in [5.74, 6) is 0.0274. The third kappa shape index (κ3) is 3.73. The summed E-state index contributed by atoms with van der Waals surface area (Å²) in [4.78, 5) is 14.8. The van der Waals surface area contributed by atoms with Crippen molar-refractivity contribution in [3.05, 3.63) is 33.3 Å². The van der Waals surface area contributed by atoms with E-state index < -0.39 is 0 Å². The van der Waals surface area contributed by atoms with Crippen LogP contribution in [-0.4, -0.2) is 28.7 Å². The number of carbonyl (C=O) groups is 1. The molecule has 0 saturated heterocycles. The van der Waals surface area contributed by atoms with E-state index in [2.05, 4.69) is 31.9 Å². The van der Waals surface area contributed by atoms with Gasteiger partial charge in [0.05, 0.1) is 0 Å². The number of benzene rings is 1. The number of carbonyl (C=O) groups excluding carboxylic acids is 1. The van der Waals surface area contributed by atoms with Gasteiger partial charge < -0.3 is 4.90 Å². The first-order chi connectivity index (χ1) is 8.99. The van der Waals surface area contributed by atoms with Crippen LogP contribution in [0.4, 0.5) is 0 Å². The minimum absolute atomic E-state index is 0.0274. The molecular formula is C14H16Br2ClNO. The van der Waals surface area contributed by atoms with Crippen LogP contribution in [-0.2, 0) is 0 Å². The molecule has 1 aromatic carbocycles. The van der Waals surface area contributed by atoms with Crippen LogP contribution < -0.4 is 0 Å². The monoisotopic (exact) mass is 407 g/mol. The first-order valence-corrected chi connectivity index (χ1v) is 8.45. The normalized spacial score (nSPS) is 23.2. The summed E-state index contributed by atoms with van der Waals surface area (Å²) in [5, 5.41) is 0.574. The maximum absolute atomic E-state index is 12.5. The van der Waals surface area contributed by atoms with Crippen LogP contribution in [0.3, 0.4) is 0 Å². The Morgan fingerprint density at radius 1 is 1.32 bits per heavy atom. The van der Waals surface area contributed by atoms with Crippen molar-refractivity contribution in [2.24, 2.45) is 0 Å². The van der Waals surface area contributed by atoms with Gasteiger partial charge in [0, 0.05) is 33.0 Å². The first kappa shape index (κ1) is 15.3. The fraction of sp³-hybridized carbons (Fsp3) is 0.500. The fourth-order valence-corrected chi connectivity index (χ4v) is 4.34. The average molecular weight is 410 g/mol. The molecule has 5 heteroatoms. The lowest BCUT2D eigenvalue weighted by Crippen LogP contribution is -2.44. The molecule has 1 aromatic rings. The smallest absolute Gasteiger partial charge is 0.253 e. The van der Waals surface area contributed by atoms with Gasteiger partial charge in [0.1, 0.15) is 0 Å². The Morgan fingerprint density at radius 2 is 2.00 bits per heavy atom. The predicted octanol–water partition coefficient (Wildman–Crippen LogP) is 4.88. The van der Waals surface area contributed by atoms with Crippen LogP contribution in [0.15, 0.2) is 22.7 Å². The zero-order valence-corrected chi connectivity index (χ0v) is 14.6. The quantitative estimate of drug-likeness (QED) is 0.638. The number of halogens is 3. The van der Waals surface area contributed by atoms with Gasteiger partial charge in [-0.1, -0.05) is 56.3 Å². The molecule has 104 valence electrons. The molecule has 0 heterocycles. The Hall–Kier alpha value is -0.0600. The largest absolute Gasteiger partial charge is 0.338 e. The molecule has 2 unspecified atom stereocenters. The van der Waals surface area contributed by atoms with E-state index in [1.165, 1.54) is 12.8 Å². The van der Waals surface area contributed by atoms with Crippen LogP contribution in [0.25, 0.3) is 0 Å². The van der Waals surface area contributed by atoms with Crippen LogP contribution in [0, 0.1) is 0 Å². The molecular weight excluding hydrogens is 393 g/mol. The SMILES string of the molecule is CN(C(=O)c1cc(Cl)cc(Br)c1)C1CCCCC1Br. The van der Waals surface area contributed by atoms with E-state index >= 15 is 0 Å². The molecule has 2 atom stereocenters. The first-order valence-electron chi connectivity index (χ1n) is 6.36. The molecule has 1 saturated carbocycles. The van der Waals surface area contributed by atoms with Gasteiger partial charge in [-0.05, 0) is 31.0 Å². The number of rotatable bonds is 2. The van der Waals surface area contributed by atoms with Crippen molar-refractivity contribution in [1.82, 2.24) is 4.90 Å². The fourth-order valence-electron chi connectivity index (χ4n) is 2.53. The molecule has 0 bridgehead atoms. The predicted molar refractivity (Wildman–Crippen MR) is 86.2 cm³/mol. The van der Waals surface area contributed by atoms with Gasteiger partial charge in [0.25, 0.3) is 5.91 Å². The summed E-state index contributed by atoms with van der Waals surface area (Å²) in [6.07, 6.45) is 4.60. The van der Waals surface area contributed by atoms with Gasteiger partial charge in [0.2, 0.25) is 0 Å². The lowest BCUT2D eigenvalue weighted by molar-refractivity contribution is 0.0704. The highest BCUT2D eigenvalue weighted by Gasteiger charge is 2.29. The van der Waals surface area contributed by atoms with Crippen LogP contribution in [0.5, 0.6) is 0 Å². The van der Waals surface area contributed by atoms with E-state index in [4.69, 9.17) is 11.6 Å². The van der Waals surface area contributed by atoms with Crippen molar-refractivity contribution in [2.75, 3.05) is 7.05 Å². The molecule has 0 spiro atoms. The second kappa shape index (κ2) is 6.59. The van der Waals surface area contributed by atoms with Gasteiger partial charge >= 0.3 is 0 Å². The molecule has 2 nitrogen and oxygen atoms in total. The van der Waals surface area contributed by atoms with Crippen molar-refractivity contribution in [3.8, 4) is 0 Å². The zero-order chi connectivity index (χ0) is 14.0. The maximum Gasteiger partial charge on any atom is 0.253 e. The molecule has 0 N–H and O–H groups in total. The average Bonchev–Trinajstić information content (AvgIpc) is 2.36. The van der Waals surface area contributed by atoms with E-state index in [-0.39, 0.29) is 11.9 Å². The minimum Gasteiger partial charge on any atom is -0.338 e. The minimum atomic E-state index is 0.0274. The summed E-state index contributed by atoms with van der Waals surface area (Å²) in [7, 11) is 1.88. The van der Waals surface area contributed by atoms with Crippen molar-refractivity contribution in [3.63, 3.8) is 0 Å². The van der Waals surface area contributed by atoms with E-state index in [0.29, 0.717) is 15.4 Å². The molecule has 1 aliphatic carbocycles. The van der Waals surface area contributed by atoms with Crippen molar-refractivity contribution >= 4 is 49.4 Å². The van der Waals surface area contributed by atoms with E-state index in [1.807, 2.05) is 18.0 Å². The molecule has 1 aliphatic rings. The number of alkyl halides is 1. The number of nitrogens with zero attached hydrogens (tertiary/aromatic N) is 1. The highest BCUT2D eigenvalue weighted by Crippen LogP contribution is 2.29. The molecule has 0 radical (unpaired) electrons. The maximum atomic E-state index is 12.5. The van der Waals surface area contributed by atoms with E-state index in [0.717, 1.165) is 17.3 Å². The summed E-state index contributed by atoms with van der Waals surface area (Å²) >= 11 is 13.1. The lowest BCUT2D eigenvalue weighted by atomic mass is 9.94. The second-order valence-corrected chi connectivity index (χ2v) is 7.47. The van der Waals surface area contributed by atoms with Crippen LogP contribution in [0.1, 0.15) is 36.0 Å². The Balaban J connectivity index is 2.18. The number of hydrogen-bond acceptors (Lipinski definition) is 1. The molecule has 19 heavy (non-hydrogen) atoms. The third-order valence-corrected chi connectivity index (χ3v) is 5.32. The Morgan fingerprint density at radius 3 is 2.63 bits per heavy atom. The highest BCUT2D eigenvalue weighted by molar-refractivity contribution is 9.10. The van der Waals surface area contributed by atoms with Gasteiger partial charge in [-0.25, -0.2) is 0 Å². The lowest BCUT2D eigenvalue weighted by Gasteiger charge is -2.35. The van der Waals surface area contributed by atoms with Gasteiger partial charge in [0.15, 0.2) is 0 Å². The second-order valence-electron chi connectivity index (χ2n) is 4.94. The molecule has 1 amide bonds. The summed E-state index contributed by atoms with van der Waals surface area (Å²) in [5.41, 5.74) is 0.632. The number of amides is 1. The number of hydrogen-bond donors (Lipinski definition) is 0. The van der Waals surface area contributed by atoms with Gasteiger partial charge in [-0.3, -0.25) is 4.79 Å². The standard InChI is InChI=1S/C14H16Br2ClNO/c1-18(13-5-3-2-4-12(13)16)14(19)9-6-10(15)8-11(17)7-9/h6-8,12-13H,2-5H2,1H3. The summed E-state index contributed by atoms with van der Waals surface area (Å²) < 4.78 is 0.829. The van der Waals surface area contributed by atoms with Crippen LogP contribution >= 0.6 is 43.5 Å². The molecule has 0 aromatic heterocycles. The molecule has 2 rings (SSSR count). The summed E-state index contributed by atoms with van der Waals surface area (Å²) in [6.45, 7) is 0.